The van der Waals surface area contributed by atoms with E-state index in [2.05, 4.69) is 18.3 Å². The van der Waals surface area contributed by atoms with Crippen molar-refractivity contribution >= 4 is 11.6 Å². The van der Waals surface area contributed by atoms with Crippen LogP contribution in [0.1, 0.15) is 36.5 Å². The van der Waals surface area contributed by atoms with Crippen LogP contribution in [0.5, 0.6) is 5.75 Å². The number of nitrogens with one attached hydrogen (secondary N) is 1. The number of anilines is 1. The van der Waals surface area contributed by atoms with Gasteiger partial charge in [-0.1, -0.05) is 37.3 Å². The molecule has 1 aliphatic rings. The molecule has 120 valence electrons. The molecule has 3 rings (SSSR count). The minimum absolute atomic E-state index is 0.0501. The monoisotopic (exact) mass is 309 g/mol. The van der Waals surface area contributed by atoms with E-state index in [0.717, 1.165) is 36.3 Å². The van der Waals surface area contributed by atoms with Gasteiger partial charge in [-0.05, 0) is 60.9 Å². The molecule has 1 aliphatic carbocycles. The number of fused-ring (bicyclic) bond motifs is 1. The number of hydrogen-bond donors (Lipinski definition) is 1. The fourth-order valence-corrected chi connectivity index (χ4v) is 3.16. The average Bonchev–Trinajstić information content (AvgIpc) is 2.60. The van der Waals surface area contributed by atoms with E-state index >= 15 is 0 Å². The normalized spacial score (nSPS) is 13.3. The van der Waals surface area contributed by atoms with Gasteiger partial charge in [0.05, 0.1) is 0 Å². The number of para-hydroxylation sites is 1. The van der Waals surface area contributed by atoms with Gasteiger partial charge in [-0.3, -0.25) is 4.79 Å². The molecule has 0 unspecified atom stereocenters. The molecule has 0 atom stereocenters. The van der Waals surface area contributed by atoms with Crippen LogP contribution >= 0.6 is 0 Å². The van der Waals surface area contributed by atoms with Crippen molar-refractivity contribution in [2.45, 2.75) is 39.0 Å². The summed E-state index contributed by atoms with van der Waals surface area (Å²) in [7, 11) is 0. The van der Waals surface area contributed by atoms with Gasteiger partial charge in [-0.2, -0.15) is 0 Å². The van der Waals surface area contributed by atoms with Crippen molar-refractivity contribution in [2.24, 2.45) is 0 Å². The lowest BCUT2D eigenvalue weighted by Crippen LogP contribution is -2.21. The van der Waals surface area contributed by atoms with Gasteiger partial charge in [-0.15, -0.1) is 0 Å². The zero-order valence-electron chi connectivity index (χ0n) is 13.6. The fourth-order valence-electron chi connectivity index (χ4n) is 3.16. The van der Waals surface area contributed by atoms with Gasteiger partial charge < -0.3 is 10.1 Å². The third-order valence-electron chi connectivity index (χ3n) is 4.38. The molecule has 3 nitrogen and oxygen atoms in total. The number of carbonyl (C=O) groups excluding carboxylic acids is 1. The quantitative estimate of drug-likeness (QED) is 0.901. The highest BCUT2D eigenvalue weighted by Crippen LogP contribution is 2.29. The number of benzene rings is 2. The van der Waals surface area contributed by atoms with Gasteiger partial charge in [0, 0.05) is 5.69 Å². The van der Waals surface area contributed by atoms with E-state index in [9.17, 15) is 4.79 Å². The molecule has 0 fully saturated rings. The molecule has 0 aromatic heterocycles. The van der Waals surface area contributed by atoms with E-state index in [-0.39, 0.29) is 12.5 Å². The van der Waals surface area contributed by atoms with Crippen LogP contribution in [0.15, 0.2) is 42.5 Å². The van der Waals surface area contributed by atoms with Gasteiger partial charge in [-0.25, -0.2) is 0 Å². The molecule has 0 spiro atoms. The average molecular weight is 309 g/mol. The zero-order chi connectivity index (χ0) is 16.1. The summed E-state index contributed by atoms with van der Waals surface area (Å²) in [6.45, 7) is 2.13. The number of carbonyl (C=O) groups is 1. The van der Waals surface area contributed by atoms with E-state index in [1.54, 1.807) is 0 Å². The lowest BCUT2D eigenvalue weighted by Gasteiger charge is -2.19. The lowest BCUT2D eigenvalue weighted by molar-refractivity contribution is -0.118. The Balaban J connectivity index is 1.63. The van der Waals surface area contributed by atoms with Gasteiger partial charge in [0.25, 0.3) is 5.91 Å². The first-order valence-electron chi connectivity index (χ1n) is 8.39. The Morgan fingerprint density at radius 1 is 1.09 bits per heavy atom. The lowest BCUT2D eigenvalue weighted by atomic mass is 9.91. The van der Waals surface area contributed by atoms with Crippen LogP contribution in [-0.4, -0.2) is 12.5 Å². The molecule has 2 aromatic rings. The second-order valence-electron chi connectivity index (χ2n) is 5.95. The summed E-state index contributed by atoms with van der Waals surface area (Å²) >= 11 is 0. The molecule has 0 saturated heterocycles. The number of amides is 1. The maximum atomic E-state index is 12.2. The Morgan fingerprint density at radius 3 is 2.78 bits per heavy atom. The van der Waals surface area contributed by atoms with E-state index in [4.69, 9.17) is 4.74 Å². The second kappa shape index (κ2) is 7.32. The Kier molecular flexibility index (Phi) is 4.96. The molecule has 0 heterocycles. The van der Waals surface area contributed by atoms with Crippen molar-refractivity contribution in [1.82, 2.24) is 0 Å². The highest BCUT2D eigenvalue weighted by atomic mass is 16.5. The Labute approximate surface area is 137 Å². The summed E-state index contributed by atoms with van der Waals surface area (Å²) in [5.74, 6) is 0.750. The molecule has 0 aliphatic heterocycles. The van der Waals surface area contributed by atoms with Crippen LogP contribution in [0.4, 0.5) is 5.69 Å². The molecule has 1 N–H and O–H groups in total. The molecule has 1 amide bonds. The van der Waals surface area contributed by atoms with E-state index in [0.29, 0.717) is 0 Å². The summed E-state index contributed by atoms with van der Waals surface area (Å²) in [4.78, 5) is 12.2. The van der Waals surface area contributed by atoms with E-state index < -0.39 is 0 Å². The number of aryl methyl sites for hydroxylation is 2. The minimum Gasteiger partial charge on any atom is -0.483 e. The van der Waals surface area contributed by atoms with Gasteiger partial charge >= 0.3 is 0 Å². The molecular weight excluding hydrogens is 286 g/mol. The highest BCUT2D eigenvalue weighted by Gasteiger charge is 2.14. The Bertz CT molecular complexity index is 694. The standard InChI is InChI=1S/C20H23NO2/c1-2-15-8-4-6-12-18(15)21-20(22)14-23-19-13-7-10-16-9-3-5-11-17(16)19/h4,6-8,10,12-13H,2-3,5,9,11,14H2,1H3,(H,21,22). The van der Waals surface area contributed by atoms with Crippen LogP contribution in [0, 0.1) is 0 Å². The third-order valence-corrected chi connectivity index (χ3v) is 4.38. The predicted molar refractivity (Wildman–Crippen MR) is 93.0 cm³/mol. The third kappa shape index (κ3) is 3.73. The van der Waals surface area contributed by atoms with Crippen LogP contribution < -0.4 is 10.1 Å². The number of ether oxygens (including phenoxy) is 1. The maximum absolute atomic E-state index is 12.2. The van der Waals surface area contributed by atoms with Crippen LogP contribution in [0.25, 0.3) is 0 Å². The molecule has 0 bridgehead atoms. The predicted octanol–water partition coefficient (Wildman–Crippen LogP) is 4.15. The number of hydrogen-bond acceptors (Lipinski definition) is 2. The molecule has 2 aromatic carbocycles. The number of rotatable bonds is 5. The second-order valence-corrected chi connectivity index (χ2v) is 5.95. The van der Waals surface area contributed by atoms with Crippen molar-refractivity contribution in [3.63, 3.8) is 0 Å². The molecule has 23 heavy (non-hydrogen) atoms. The van der Waals surface area contributed by atoms with Crippen LogP contribution in [0.2, 0.25) is 0 Å². The Hall–Kier alpha value is -2.29. The first-order chi connectivity index (χ1) is 11.3. The first kappa shape index (κ1) is 15.6. The first-order valence-corrected chi connectivity index (χ1v) is 8.39. The summed E-state index contributed by atoms with van der Waals surface area (Å²) in [6, 6.07) is 14.0. The summed E-state index contributed by atoms with van der Waals surface area (Å²) in [6.07, 6.45) is 5.49. The van der Waals surface area contributed by atoms with Crippen molar-refractivity contribution in [3.8, 4) is 5.75 Å². The van der Waals surface area contributed by atoms with Gasteiger partial charge in [0.2, 0.25) is 0 Å². The fraction of sp³-hybridized carbons (Fsp3) is 0.350. The Morgan fingerprint density at radius 2 is 1.91 bits per heavy atom. The van der Waals surface area contributed by atoms with Crippen molar-refractivity contribution in [1.29, 1.82) is 0 Å². The SMILES string of the molecule is CCc1ccccc1NC(=O)COc1cccc2c1CCCC2. The molecule has 0 saturated carbocycles. The molecular formula is C20H23NO2. The minimum atomic E-state index is -0.112. The largest absolute Gasteiger partial charge is 0.483 e. The summed E-state index contributed by atoms with van der Waals surface area (Å²) in [5, 5.41) is 2.95. The summed E-state index contributed by atoms with van der Waals surface area (Å²) in [5.41, 5.74) is 4.66. The van der Waals surface area contributed by atoms with Crippen molar-refractivity contribution in [3.05, 3.63) is 59.2 Å². The zero-order valence-corrected chi connectivity index (χ0v) is 13.6. The molecule has 0 radical (unpaired) electrons. The van der Waals surface area contributed by atoms with E-state index in [1.807, 2.05) is 36.4 Å². The van der Waals surface area contributed by atoms with Crippen molar-refractivity contribution < 1.29 is 9.53 Å². The highest BCUT2D eigenvalue weighted by molar-refractivity contribution is 5.92. The van der Waals surface area contributed by atoms with E-state index in [1.165, 1.54) is 24.0 Å². The maximum Gasteiger partial charge on any atom is 0.262 e. The molecule has 3 heteroatoms. The topological polar surface area (TPSA) is 38.3 Å². The van der Waals surface area contributed by atoms with Crippen LogP contribution in [-0.2, 0) is 24.1 Å². The van der Waals surface area contributed by atoms with Crippen LogP contribution in [0.3, 0.4) is 0 Å². The smallest absolute Gasteiger partial charge is 0.262 e. The van der Waals surface area contributed by atoms with Gasteiger partial charge in [0.1, 0.15) is 5.75 Å². The van der Waals surface area contributed by atoms with Gasteiger partial charge in [0.15, 0.2) is 6.61 Å². The van der Waals surface area contributed by atoms with Crippen molar-refractivity contribution in [2.75, 3.05) is 11.9 Å². The summed E-state index contributed by atoms with van der Waals surface area (Å²) < 4.78 is 5.80.